The van der Waals surface area contributed by atoms with Crippen molar-refractivity contribution in [3.8, 4) is 0 Å². The Morgan fingerprint density at radius 1 is 1.15 bits per heavy atom. The van der Waals surface area contributed by atoms with Crippen LogP contribution in [0.2, 0.25) is 5.02 Å². The van der Waals surface area contributed by atoms with E-state index in [1.165, 1.54) is 43.2 Å². The van der Waals surface area contributed by atoms with Crippen LogP contribution in [0.1, 0.15) is 67.2 Å². The summed E-state index contributed by atoms with van der Waals surface area (Å²) < 4.78 is 4.94. The average Bonchev–Trinajstić information content (AvgIpc) is 2.80. The molecule has 3 nitrogen and oxygen atoms in total. The summed E-state index contributed by atoms with van der Waals surface area (Å²) in [6.45, 7) is 0. The van der Waals surface area contributed by atoms with Crippen molar-refractivity contribution in [2.75, 3.05) is 0 Å². The maximum atomic E-state index is 10.7. The van der Waals surface area contributed by atoms with Gasteiger partial charge in [0.2, 0.25) is 0 Å². The Balaban J connectivity index is 1.87. The van der Waals surface area contributed by atoms with Crippen molar-refractivity contribution in [3.63, 3.8) is 0 Å². The topological polar surface area (TPSA) is 46.5 Å². The molecule has 0 heterocycles. The van der Waals surface area contributed by atoms with Crippen molar-refractivity contribution in [1.29, 1.82) is 0 Å². The van der Waals surface area contributed by atoms with Crippen LogP contribution in [0.3, 0.4) is 0 Å². The third-order valence-electron chi connectivity index (χ3n) is 4.57. The van der Waals surface area contributed by atoms with Gasteiger partial charge in [-0.3, -0.25) is 0 Å². The summed E-state index contributed by atoms with van der Waals surface area (Å²) >= 11 is 6.44. The minimum absolute atomic E-state index is 0.347. The predicted octanol–water partition coefficient (Wildman–Crippen LogP) is 5.07. The number of ether oxygens (including phenoxy) is 1. The van der Waals surface area contributed by atoms with E-state index in [-0.39, 0.29) is 6.10 Å². The van der Waals surface area contributed by atoms with Crippen LogP contribution in [0.25, 0.3) is 0 Å². The van der Waals surface area contributed by atoms with Crippen LogP contribution >= 0.6 is 11.6 Å². The van der Waals surface area contributed by atoms with E-state index in [2.05, 4.69) is 6.07 Å². The molecule has 0 bridgehead atoms. The highest BCUT2D eigenvalue weighted by molar-refractivity contribution is 6.31. The molecule has 0 amide bonds. The molecule has 3 rings (SSSR count). The molecule has 0 spiro atoms. The molecule has 20 heavy (non-hydrogen) atoms. The van der Waals surface area contributed by atoms with Gasteiger partial charge in [0.15, 0.2) is 0 Å². The Morgan fingerprint density at radius 2 is 1.90 bits per heavy atom. The molecule has 0 aromatic heterocycles. The van der Waals surface area contributed by atoms with Gasteiger partial charge in [-0.1, -0.05) is 36.9 Å². The Kier molecular flexibility index (Phi) is 3.88. The van der Waals surface area contributed by atoms with E-state index in [9.17, 15) is 4.79 Å². The van der Waals surface area contributed by atoms with E-state index in [0.717, 1.165) is 23.4 Å². The lowest BCUT2D eigenvalue weighted by Gasteiger charge is -2.24. The van der Waals surface area contributed by atoms with Crippen LogP contribution in [-0.2, 0) is 11.2 Å². The lowest BCUT2D eigenvalue weighted by atomic mass is 9.83. The minimum Gasteiger partial charge on any atom is -0.450 e. The van der Waals surface area contributed by atoms with Crippen molar-refractivity contribution in [2.45, 2.75) is 57.0 Å². The molecule has 1 fully saturated rings. The van der Waals surface area contributed by atoms with Gasteiger partial charge in [0.25, 0.3) is 0 Å². The quantitative estimate of drug-likeness (QED) is 0.775. The average molecular weight is 295 g/mol. The highest BCUT2D eigenvalue weighted by Gasteiger charge is 2.28. The first kappa shape index (κ1) is 13.7. The maximum Gasteiger partial charge on any atom is 0.506 e. The third kappa shape index (κ3) is 2.64. The van der Waals surface area contributed by atoms with Crippen molar-refractivity contribution in [1.82, 2.24) is 0 Å². The van der Waals surface area contributed by atoms with E-state index in [0.29, 0.717) is 5.92 Å². The van der Waals surface area contributed by atoms with Crippen LogP contribution < -0.4 is 0 Å². The van der Waals surface area contributed by atoms with Gasteiger partial charge in [-0.25, -0.2) is 4.79 Å². The Labute approximate surface area is 123 Å². The largest absolute Gasteiger partial charge is 0.506 e. The fourth-order valence-electron chi connectivity index (χ4n) is 3.58. The Bertz CT molecular complexity index is 521. The molecule has 1 unspecified atom stereocenters. The van der Waals surface area contributed by atoms with Crippen LogP contribution in [0, 0.1) is 0 Å². The zero-order chi connectivity index (χ0) is 14.1. The number of carboxylic acid groups (broad SMARTS) is 1. The van der Waals surface area contributed by atoms with E-state index in [1.807, 2.05) is 6.07 Å². The summed E-state index contributed by atoms with van der Waals surface area (Å²) in [5.41, 5.74) is 3.42. The second-order valence-electron chi connectivity index (χ2n) is 5.82. The van der Waals surface area contributed by atoms with Crippen molar-refractivity contribution in [3.05, 3.63) is 33.8 Å². The van der Waals surface area contributed by atoms with E-state index >= 15 is 0 Å². The smallest absolute Gasteiger partial charge is 0.450 e. The molecule has 4 heteroatoms. The van der Waals surface area contributed by atoms with Gasteiger partial charge in [-0.2, -0.15) is 0 Å². The third-order valence-corrected chi connectivity index (χ3v) is 4.90. The van der Waals surface area contributed by atoms with Crippen LogP contribution in [0.15, 0.2) is 12.1 Å². The van der Waals surface area contributed by atoms with Gasteiger partial charge < -0.3 is 9.84 Å². The van der Waals surface area contributed by atoms with Crippen LogP contribution in [0.5, 0.6) is 0 Å². The lowest BCUT2D eigenvalue weighted by Crippen LogP contribution is -2.08. The number of hydrogen-bond acceptors (Lipinski definition) is 2. The van der Waals surface area contributed by atoms with Gasteiger partial charge >= 0.3 is 6.16 Å². The first-order valence-corrected chi connectivity index (χ1v) is 7.74. The second-order valence-corrected chi connectivity index (χ2v) is 6.23. The molecule has 1 saturated carbocycles. The van der Waals surface area contributed by atoms with Gasteiger partial charge in [0.1, 0.15) is 6.10 Å². The molecule has 0 saturated heterocycles. The number of halogens is 1. The predicted molar refractivity (Wildman–Crippen MR) is 77.4 cm³/mol. The van der Waals surface area contributed by atoms with Crippen molar-refractivity contribution >= 4 is 17.8 Å². The maximum absolute atomic E-state index is 10.7. The van der Waals surface area contributed by atoms with E-state index < -0.39 is 6.16 Å². The number of aryl methyl sites for hydroxylation is 1. The SMILES string of the molecule is O=C(O)OC1CCc2cc(C3CCCCC3)c(Cl)cc21. The summed E-state index contributed by atoms with van der Waals surface area (Å²) in [7, 11) is 0. The number of benzene rings is 1. The van der Waals surface area contributed by atoms with E-state index in [4.69, 9.17) is 21.4 Å². The second kappa shape index (κ2) is 5.65. The first-order valence-electron chi connectivity index (χ1n) is 7.37. The standard InChI is InChI=1S/C16H19ClO3/c17-14-9-13-11(6-7-15(13)20-16(18)19)8-12(14)10-4-2-1-3-5-10/h8-10,15H,1-7H2,(H,18,19). The highest BCUT2D eigenvalue weighted by Crippen LogP contribution is 2.42. The zero-order valence-corrected chi connectivity index (χ0v) is 12.2. The monoisotopic (exact) mass is 294 g/mol. The lowest BCUT2D eigenvalue weighted by molar-refractivity contribution is 0.0520. The first-order chi connectivity index (χ1) is 9.65. The van der Waals surface area contributed by atoms with Crippen molar-refractivity contribution in [2.24, 2.45) is 0 Å². The Morgan fingerprint density at radius 3 is 2.60 bits per heavy atom. The fourth-order valence-corrected chi connectivity index (χ4v) is 3.91. The zero-order valence-electron chi connectivity index (χ0n) is 11.4. The van der Waals surface area contributed by atoms with E-state index in [1.54, 1.807) is 0 Å². The normalized spacial score (nSPS) is 22.6. The molecular formula is C16H19ClO3. The van der Waals surface area contributed by atoms with Gasteiger partial charge in [0.05, 0.1) is 0 Å². The molecule has 1 aromatic carbocycles. The van der Waals surface area contributed by atoms with Crippen LogP contribution in [-0.4, -0.2) is 11.3 Å². The van der Waals surface area contributed by atoms with Gasteiger partial charge in [0, 0.05) is 5.02 Å². The molecule has 0 radical (unpaired) electrons. The highest BCUT2D eigenvalue weighted by atomic mass is 35.5. The summed E-state index contributed by atoms with van der Waals surface area (Å²) in [5.74, 6) is 0.570. The van der Waals surface area contributed by atoms with Crippen LogP contribution in [0.4, 0.5) is 4.79 Å². The number of hydrogen-bond donors (Lipinski definition) is 1. The molecule has 1 aromatic rings. The number of rotatable bonds is 2. The molecular weight excluding hydrogens is 276 g/mol. The summed E-state index contributed by atoms with van der Waals surface area (Å²) in [6, 6.07) is 4.13. The van der Waals surface area contributed by atoms with Gasteiger partial charge in [-0.05, 0) is 54.4 Å². The molecule has 2 aliphatic rings. The molecule has 1 N–H and O–H groups in total. The molecule has 1 atom stereocenters. The molecule has 0 aliphatic heterocycles. The van der Waals surface area contributed by atoms with Crippen molar-refractivity contribution < 1.29 is 14.6 Å². The summed E-state index contributed by atoms with van der Waals surface area (Å²) in [5, 5.41) is 9.55. The number of fused-ring (bicyclic) bond motifs is 1. The Hall–Kier alpha value is -1.22. The summed E-state index contributed by atoms with van der Waals surface area (Å²) in [4.78, 5) is 10.7. The number of carbonyl (C=O) groups is 1. The van der Waals surface area contributed by atoms with Gasteiger partial charge in [-0.15, -0.1) is 0 Å². The summed E-state index contributed by atoms with van der Waals surface area (Å²) in [6.07, 6.45) is 6.37. The fraction of sp³-hybridized carbons (Fsp3) is 0.562. The molecule has 2 aliphatic carbocycles. The molecule has 108 valence electrons. The minimum atomic E-state index is -1.21.